The van der Waals surface area contributed by atoms with Crippen LogP contribution in [0.25, 0.3) is 0 Å². The molecule has 1 aliphatic rings. The summed E-state index contributed by atoms with van der Waals surface area (Å²) in [6.07, 6.45) is 7.09. The zero-order valence-electron chi connectivity index (χ0n) is 12.9. The van der Waals surface area contributed by atoms with Crippen LogP contribution in [-0.4, -0.2) is 37.3 Å². The van der Waals surface area contributed by atoms with Crippen LogP contribution in [-0.2, 0) is 6.61 Å². The van der Waals surface area contributed by atoms with Crippen LogP contribution in [0.5, 0.6) is 0 Å². The van der Waals surface area contributed by atoms with Gasteiger partial charge in [-0.2, -0.15) is 0 Å². The summed E-state index contributed by atoms with van der Waals surface area (Å²) in [5.41, 5.74) is 1.29. The molecule has 23 heavy (non-hydrogen) atoms. The van der Waals surface area contributed by atoms with Crippen molar-refractivity contribution in [2.75, 3.05) is 5.32 Å². The van der Waals surface area contributed by atoms with Crippen molar-refractivity contribution in [3.05, 3.63) is 23.7 Å². The topological polar surface area (TPSA) is 118 Å². The third-order valence-corrected chi connectivity index (χ3v) is 4.08. The molecule has 2 aromatic heterocycles. The van der Waals surface area contributed by atoms with E-state index in [1.54, 1.807) is 17.8 Å². The number of anilines is 1. The Kier molecular flexibility index (Phi) is 4.56. The molecule has 3 rings (SSSR count). The minimum absolute atomic E-state index is 0.0284. The summed E-state index contributed by atoms with van der Waals surface area (Å²) >= 11 is 0. The zero-order chi connectivity index (χ0) is 16.2. The van der Waals surface area contributed by atoms with Gasteiger partial charge in [0.25, 0.3) is 0 Å². The van der Waals surface area contributed by atoms with Crippen molar-refractivity contribution in [1.82, 2.24) is 25.5 Å². The standard InChI is InChI=1S/C14H20N6O3/c1-9-8-23-18-13(9)16-14(22)15-11-4-2-3-5-12(11)20-6-10(7-21)17-19-20/h6,8,11-12,21H,2-5,7H2,1H3,(H2,15,16,18,22)/t11-,12+/m0/s1. The average Bonchev–Trinajstić information content (AvgIpc) is 3.17. The number of hydrogen-bond donors (Lipinski definition) is 3. The summed E-state index contributed by atoms with van der Waals surface area (Å²) in [5.74, 6) is 0.415. The van der Waals surface area contributed by atoms with Gasteiger partial charge in [-0.1, -0.05) is 23.2 Å². The molecule has 3 N–H and O–H groups in total. The Hall–Kier alpha value is -2.42. The molecule has 0 saturated heterocycles. The van der Waals surface area contributed by atoms with E-state index in [-0.39, 0.29) is 24.7 Å². The Morgan fingerprint density at radius 1 is 1.48 bits per heavy atom. The highest BCUT2D eigenvalue weighted by atomic mass is 16.5. The second-order valence-electron chi connectivity index (χ2n) is 5.75. The van der Waals surface area contributed by atoms with Gasteiger partial charge < -0.3 is 14.9 Å². The predicted octanol–water partition coefficient (Wildman–Crippen LogP) is 1.37. The van der Waals surface area contributed by atoms with Crippen LogP contribution in [0.15, 0.2) is 17.0 Å². The molecule has 124 valence electrons. The van der Waals surface area contributed by atoms with Crippen LogP contribution in [0.3, 0.4) is 0 Å². The van der Waals surface area contributed by atoms with Crippen molar-refractivity contribution < 1.29 is 14.4 Å². The first kappa shape index (κ1) is 15.5. The molecule has 0 aliphatic heterocycles. The highest BCUT2D eigenvalue weighted by Crippen LogP contribution is 2.28. The first-order valence-corrected chi connectivity index (χ1v) is 7.67. The van der Waals surface area contributed by atoms with Gasteiger partial charge in [0.15, 0.2) is 5.82 Å². The largest absolute Gasteiger partial charge is 0.390 e. The molecule has 0 spiro atoms. The van der Waals surface area contributed by atoms with Crippen molar-refractivity contribution in [3.63, 3.8) is 0 Å². The van der Waals surface area contributed by atoms with Gasteiger partial charge in [-0.25, -0.2) is 9.48 Å². The van der Waals surface area contributed by atoms with Gasteiger partial charge >= 0.3 is 6.03 Å². The predicted molar refractivity (Wildman–Crippen MR) is 80.6 cm³/mol. The molecule has 0 bridgehead atoms. The summed E-state index contributed by atoms with van der Waals surface area (Å²) in [4.78, 5) is 12.2. The van der Waals surface area contributed by atoms with E-state index in [1.165, 1.54) is 6.26 Å². The molecule has 0 unspecified atom stereocenters. The maximum absolute atomic E-state index is 12.2. The highest BCUT2D eigenvalue weighted by molar-refractivity contribution is 5.89. The molecule has 9 heteroatoms. The van der Waals surface area contributed by atoms with Crippen LogP contribution < -0.4 is 10.6 Å². The Labute approximate surface area is 133 Å². The average molecular weight is 320 g/mol. The monoisotopic (exact) mass is 320 g/mol. The normalized spacial score (nSPS) is 21.1. The number of aromatic nitrogens is 4. The number of carbonyl (C=O) groups excluding carboxylic acids is 1. The third-order valence-electron chi connectivity index (χ3n) is 4.08. The fourth-order valence-electron chi connectivity index (χ4n) is 2.86. The quantitative estimate of drug-likeness (QED) is 0.783. The number of aliphatic hydroxyl groups excluding tert-OH is 1. The number of hydrogen-bond acceptors (Lipinski definition) is 6. The molecule has 1 aliphatic carbocycles. The van der Waals surface area contributed by atoms with Crippen molar-refractivity contribution in [1.29, 1.82) is 0 Å². The number of nitrogens with one attached hydrogen (secondary N) is 2. The van der Waals surface area contributed by atoms with Gasteiger partial charge in [0.1, 0.15) is 12.0 Å². The van der Waals surface area contributed by atoms with Crippen LogP contribution in [0.1, 0.15) is 43.0 Å². The van der Waals surface area contributed by atoms with Gasteiger partial charge in [-0.05, 0) is 19.8 Å². The van der Waals surface area contributed by atoms with E-state index in [4.69, 9.17) is 9.63 Å². The van der Waals surface area contributed by atoms with E-state index >= 15 is 0 Å². The fourth-order valence-corrected chi connectivity index (χ4v) is 2.86. The molecule has 2 heterocycles. The maximum Gasteiger partial charge on any atom is 0.320 e. The lowest BCUT2D eigenvalue weighted by molar-refractivity contribution is 0.221. The Bertz CT molecular complexity index is 667. The van der Waals surface area contributed by atoms with Crippen LogP contribution in [0.2, 0.25) is 0 Å². The lowest BCUT2D eigenvalue weighted by atomic mass is 9.90. The molecule has 2 atom stereocenters. The molecular formula is C14H20N6O3. The SMILES string of the molecule is Cc1conc1NC(=O)N[C@H]1CCCC[C@H]1n1cc(CO)nn1. The lowest BCUT2D eigenvalue weighted by Crippen LogP contribution is -2.45. The first-order chi connectivity index (χ1) is 11.2. The molecule has 2 aromatic rings. The molecule has 0 aromatic carbocycles. The number of rotatable bonds is 4. The second-order valence-corrected chi connectivity index (χ2v) is 5.75. The Morgan fingerprint density at radius 2 is 2.30 bits per heavy atom. The Morgan fingerprint density at radius 3 is 3.00 bits per heavy atom. The summed E-state index contributed by atoms with van der Waals surface area (Å²) in [7, 11) is 0. The summed E-state index contributed by atoms with van der Waals surface area (Å²) in [5, 5.41) is 26.5. The van der Waals surface area contributed by atoms with Crippen molar-refractivity contribution in [2.45, 2.75) is 51.3 Å². The number of aryl methyl sites for hydroxylation is 1. The molecule has 2 amide bonds. The number of carbonyl (C=O) groups is 1. The van der Waals surface area contributed by atoms with E-state index in [1.807, 2.05) is 0 Å². The van der Waals surface area contributed by atoms with Crippen molar-refractivity contribution in [2.24, 2.45) is 0 Å². The fraction of sp³-hybridized carbons (Fsp3) is 0.571. The first-order valence-electron chi connectivity index (χ1n) is 7.67. The lowest BCUT2D eigenvalue weighted by Gasteiger charge is -2.31. The summed E-state index contributed by atoms with van der Waals surface area (Å²) < 4.78 is 6.54. The second kappa shape index (κ2) is 6.78. The smallest absolute Gasteiger partial charge is 0.320 e. The van der Waals surface area contributed by atoms with E-state index in [0.29, 0.717) is 11.5 Å². The molecule has 0 radical (unpaired) electrons. The molecular weight excluding hydrogens is 300 g/mol. The van der Waals surface area contributed by atoms with Crippen LogP contribution in [0, 0.1) is 6.92 Å². The van der Waals surface area contributed by atoms with Gasteiger partial charge in [-0.3, -0.25) is 5.32 Å². The molecule has 9 nitrogen and oxygen atoms in total. The zero-order valence-corrected chi connectivity index (χ0v) is 12.9. The van der Waals surface area contributed by atoms with Gasteiger partial charge in [-0.15, -0.1) is 5.10 Å². The maximum atomic E-state index is 12.2. The minimum Gasteiger partial charge on any atom is -0.390 e. The van der Waals surface area contributed by atoms with Crippen LogP contribution >= 0.6 is 0 Å². The minimum atomic E-state index is -0.318. The van der Waals surface area contributed by atoms with E-state index in [2.05, 4.69) is 26.1 Å². The highest BCUT2D eigenvalue weighted by Gasteiger charge is 2.29. The van der Waals surface area contributed by atoms with E-state index < -0.39 is 0 Å². The number of aliphatic hydroxyl groups is 1. The van der Waals surface area contributed by atoms with Gasteiger partial charge in [0.05, 0.1) is 24.9 Å². The number of urea groups is 1. The van der Waals surface area contributed by atoms with Gasteiger partial charge in [0, 0.05) is 5.56 Å². The third kappa shape index (κ3) is 3.50. The summed E-state index contributed by atoms with van der Waals surface area (Å²) in [6.45, 7) is 1.66. The summed E-state index contributed by atoms with van der Waals surface area (Å²) in [6, 6.07) is -0.341. The number of amides is 2. The number of nitrogens with zero attached hydrogens (tertiary/aromatic N) is 4. The van der Waals surface area contributed by atoms with Crippen LogP contribution in [0.4, 0.5) is 10.6 Å². The molecule has 1 fully saturated rings. The van der Waals surface area contributed by atoms with Gasteiger partial charge in [0.2, 0.25) is 0 Å². The molecule has 1 saturated carbocycles. The Balaban J connectivity index is 1.66. The van der Waals surface area contributed by atoms with Crippen molar-refractivity contribution >= 4 is 11.8 Å². The van der Waals surface area contributed by atoms with E-state index in [0.717, 1.165) is 31.2 Å². The van der Waals surface area contributed by atoms with Crippen molar-refractivity contribution in [3.8, 4) is 0 Å². The van der Waals surface area contributed by atoms with E-state index in [9.17, 15) is 4.79 Å².